The third-order valence-electron chi connectivity index (χ3n) is 8.00. The van der Waals surface area contributed by atoms with E-state index < -0.39 is 6.23 Å². The van der Waals surface area contributed by atoms with Crippen molar-refractivity contribution in [3.8, 4) is 0 Å². The highest BCUT2D eigenvalue weighted by Crippen LogP contribution is 2.46. The van der Waals surface area contributed by atoms with Gasteiger partial charge in [-0.15, -0.1) is 0 Å². The summed E-state index contributed by atoms with van der Waals surface area (Å²) in [5, 5.41) is 14.4. The number of carbonyl (C=O) groups is 2. The van der Waals surface area contributed by atoms with E-state index in [1.165, 1.54) is 6.08 Å². The number of ether oxygens (including phenoxy) is 1. The first-order valence-electron chi connectivity index (χ1n) is 13.2. The average Bonchev–Trinajstić information content (AvgIpc) is 3.63. The van der Waals surface area contributed by atoms with Crippen LogP contribution in [-0.4, -0.2) is 83.5 Å². The van der Waals surface area contributed by atoms with E-state index in [1.807, 2.05) is 28.9 Å². The van der Waals surface area contributed by atoms with Crippen molar-refractivity contribution in [3.05, 3.63) is 46.6 Å². The van der Waals surface area contributed by atoms with Crippen LogP contribution in [0.1, 0.15) is 53.2 Å². The summed E-state index contributed by atoms with van der Waals surface area (Å²) < 4.78 is 7.39. The number of aryl methyl sites for hydroxylation is 1. The van der Waals surface area contributed by atoms with Gasteiger partial charge in [-0.1, -0.05) is 18.2 Å². The summed E-state index contributed by atoms with van der Waals surface area (Å²) in [7, 11) is 1.72. The molecule has 3 fully saturated rings. The topological polar surface area (TPSA) is 87.0 Å². The van der Waals surface area contributed by atoms with Gasteiger partial charge in [0.1, 0.15) is 12.8 Å². The van der Waals surface area contributed by atoms with Crippen molar-refractivity contribution in [1.29, 1.82) is 0 Å². The van der Waals surface area contributed by atoms with Crippen molar-refractivity contribution in [2.24, 2.45) is 5.92 Å². The van der Waals surface area contributed by atoms with Crippen LogP contribution in [0.25, 0.3) is 10.9 Å². The highest BCUT2D eigenvalue weighted by atomic mass is 35.5. The summed E-state index contributed by atoms with van der Waals surface area (Å²) in [5.41, 5.74) is 3.55. The molecule has 8 nitrogen and oxygen atoms in total. The lowest BCUT2D eigenvalue weighted by Gasteiger charge is -2.41. The maximum atomic E-state index is 14.0. The summed E-state index contributed by atoms with van der Waals surface area (Å²) in [6.07, 6.45) is 4.67. The number of rotatable bonds is 9. The Morgan fingerprint density at radius 2 is 1.95 bits per heavy atom. The Morgan fingerprint density at radius 3 is 2.57 bits per heavy atom. The third kappa shape index (κ3) is 5.30. The van der Waals surface area contributed by atoms with Crippen molar-refractivity contribution >= 4 is 34.3 Å². The molecule has 0 spiro atoms. The molecule has 1 unspecified atom stereocenters. The molecule has 2 aliphatic heterocycles. The number of aromatic nitrogens is 1. The van der Waals surface area contributed by atoms with E-state index >= 15 is 0 Å². The van der Waals surface area contributed by atoms with Gasteiger partial charge >= 0.3 is 0 Å². The van der Waals surface area contributed by atoms with Gasteiger partial charge in [0, 0.05) is 61.9 Å². The van der Waals surface area contributed by atoms with Gasteiger partial charge in [0.25, 0.3) is 5.91 Å². The first-order valence-corrected chi connectivity index (χ1v) is 13.6. The van der Waals surface area contributed by atoms with Crippen molar-refractivity contribution in [3.63, 3.8) is 0 Å². The van der Waals surface area contributed by atoms with E-state index in [9.17, 15) is 14.7 Å². The molecule has 2 amide bonds. The first kappa shape index (κ1) is 26.2. The van der Waals surface area contributed by atoms with Gasteiger partial charge in [-0.25, -0.2) is 0 Å². The fraction of sp³-hybridized carbons (Fsp3) is 0.571. The smallest absolute Gasteiger partial charge is 0.256 e. The van der Waals surface area contributed by atoms with Gasteiger partial charge in [0.2, 0.25) is 5.91 Å². The molecule has 2 aromatic rings. The van der Waals surface area contributed by atoms with Gasteiger partial charge in [-0.05, 0) is 62.3 Å². The predicted molar refractivity (Wildman–Crippen MR) is 144 cm³/mol. The van der Waals surface area contributed by atoms with Crippen LogP contribution in [0.15, 0.2) is 24.8 Å². The summed E-state index contributed by atoms with van der Waals surface area (Å²) in [5.74, 6) is 0.695. The molecule has 200 valence electrons. The molecule has 3 heterocycles. The summed E-state index contributed by atoms with van der Waals surface area (Å²) >= 11 is 6.49. The Hall–Kier alpha value is -2.39. The van der Waals surface area contributed by atoms with Crippen LogP contribution in [0.3, 0.4) is 0 Å². The van der Waals surface area contributed by atoms with Crippen LogP contribution in [0.2, 0.25) is 5.02 Å². The van der Waals surface area contributed by atoms with E-state index in [1.54, 1.807) is 7.11 Å². The number of hydrogen-bond acceptors (Lipinski definition) is 5. The molecule has 37 heavy (non-hydrogen) atoms. The Kier molecular flexibility index (Phi) is 7.63. The minimum Gasteiger partial charge on any atom is -0.384 e. The van der Waals surface area contributed by atoms with E-state index in [0.29, 0.717) is 42.7 Å². The maximum absolute atomic E-state index is 14.0. The van der Waals surface area contributed by atoms with Crippen LogP contribution in [0, 0.1) is 12.8 Å². The van der Waals surface area contributed by atoms with Crippen molar-refractivity contribution in [2.45, 2.75) is 57.3 Å². The lowest BCUT2D eigenvalue weighted by atomic mass is 9.96. The van der Waals surface area contributed by atoms with Crippen LogP contribution < -0.4 is 5.32 Å². The van der Waals surface area contributed by atoms with Crippen LogP contribution in [-0.2, 0) is 16.1 Å². The number of carbonyl (C=O) groups excluding carboxylic acids is 2. The fourth-order valence-electron chi connectivity index (χ4n) is 5.93. The molecule has 1 saturated carbocycles. The molecule has 5 rings (SSSR count). The van der Waals surface area contributed by atoms with Gasteiger partial charge in [0.05, 0.1) is 17.1 Å². The van der Waals surface area contributed by atoms with Gasteiger partial charge in [0.15, 0.2) is 0 Å². The molecule has 2 N–H and O–H groups in total. The van der Waals surface area contributed by atoms with Crippen LogP contribution in [0.4, 0.5) is 0 Å². The monoisotopic (exact) mass is 528 g/mol. The molecule has 0 radical (unpaired) electrons. The zero-order valence-electron chi connectivity index (χ0n) is 21.7. The van der Waals surface area contributed by atoms with Crippen LogP contribution >= 0.6 is 11.6 Å². The second-order valence-electron chi connectivity index (χ2n) is 10.8. The summed E-state index contributed by atoms with van der Waals surface area (Å²) in [6, 6.07) is 3.77. The predicted octanol–water partition coefficient (Wildman–Crippen LogP) is 3.28. The standard InChI is InChI=1S/C28H37ClN4O4/c1-4-24(35)32-13-21(14-32)30-23(34)15-33-26-17(2)11-20(29)12-22(26)25(27(33)19-5-6-19)28(36)31-9-7-18(8-10-31)16-37-3/h4,11-12,18-19,21,24,35H,1,5-10,13-16H2,2-3H3,(H,30,34). The molecule has 1 aromatic heterocycles. The van der Waals surface area contributed by atoms with Crippen molar-refractivity contribution < 1.29 is 19.4 Å². The number of benzene rings is 1. The summed E-state index contributed by atoms with van der Waals surface area (Å²) in [6.45, 7) is 9.05. The normalized spacial score (nSPS) is 20.2. The number of amides is 2. The van der Waals surface area contributed by atoms with E-state index in [0.717, 1.165) is 54.5 Å². The number of nitrogens with one attached hydrogen (secondary N) is 1. The molecule has 0 bridgehead atoms. The van der Waals surface area contributed by atoms with E-state index in [2.05, 4.69) is 16.5 Å². The number of likely N-dealkylation sites (tertiary alicyclic amines) is 2. The highest BCUT2D eigenvalue weighted by molar-refractivity contribution is 6.31. The van der Waals surface area contributed by atoms with Crippen molar-refractivity contribution in [1.82, 2.24) is 19.7 Å². The number of halogens is 1. The first-order chi connectivity index (χ1) is 17.8. The minimum absolute atomic E-state index is 0.0154. The van der Waals surface area contributed by atoms with Gasteiger partial charge < -0.3 is 24.6 Å². The second kappa shape index (κ2) is 10.8. The molecule has 3 aliphatic rings. The van der Waals surface area contributed by atoms with E-state index in [-0.39, 0.29) is 30.3 Å². The largest absolute Gasteiger partial charge is 0.384 e. The molecule has 1 aromatic carbocycles. The lowest BCUT2D eigenvalue weighted by molar-refractivity contribution is -0.124. The van der Waals surface area contributed by atoms with Crippen LogP contribution in [0.5, 0.6) is 0 Å². The fourth-order valence-corrected chi connectivity index (χ4v) is 6.20. The minimum atomic E-state index is -0.691. The SMILES string of the molecule is C=CC(O)N1CC(NC(=O)Cn2c(C3CC3)c(C(=O)N3CCC(COC)CC3)c3cc(Cl)cc(C)c32)C1. The van der Waals surface area contributed by atoms with Crippen molar-refractivity contribution in [2.75, 3.05) is 39.9 Å². The number of aliphatic hydroxyl groups excluding tert-OH is 1. The van der Waals surface area contributed by atoms with Gasteiger partial charge in [-0.3, -0.25) is 14.5 Å². The molecule has 1 atom stereocenters. The zero-order chi connectivity index (χ0) is 26.3. The highest BCUT2D eigenvalue weighted by Gasteiger charge is 2.38. The average molecular weight is 529 g/mol. The third-order valence-corrected chi connectivity index (χ3v) is 8.21. The number of aliphatic hydroxyl groups is 1. The number of nitrogens with zero attached hydrogens (tertiary/aromatic N) is 3. The lowest BCUT2D eigenvalue weighted by Crippen LogP contribution is -2.62. The molecule has 1 aliphatic carbocycles. The summed E-state index contributed by atoms with van der Waals surface area (Å²) in [4.78, 5) is 31.0. The molecular weight excluding hydrogens is 492 g/mol. The quantitative estimate of drug-likeness (QED) is 0.488. The molecule has 9 heteroatoms. The Labute approximate surface area is 223 Å². The number of piperidine rings is 1. The Balaban J connectivity index is 1.43. The van der Waals surface area contributed by atoms with Gasteiger partial charge in [-0.2, -0.15) is 0 Å². The Morgan fingerprint density at radius 1 is 1.24 bits per heavy atom. The Bertz CT molecular complexity index is 1190. The zero-order valence-corrected chi connectivity index (χ0v) is 22.5. The second-order valence-corrected chi connectivity index (χ2v) is 11.2. The molecule has 2 saturated heterocycles. The maximum Gasteiger partial charge on any atom is 0.256 e. The van der Waals surface area contributed by atoms with E-state index in [4.69, 9.17) is 16.3 Å². The number of hydrogen-bond donors (Lipinski definition) is 2. The molecular formula is C28H37ClN4O4. The number of methoxy groups -OCH3 is 1. The number of fused-ring (bicyclic) bond motifs is 1.